The molecule has 0 aliphatic heterocycles. The number of aromatic nitrogens is 1. The lowest BCUT2D eigenvalue weighted by Gasteiger charge is -2.16. The third-order valence-corrected chi connectivity index (χ3v) is 2.85. The van der Waals surface area contributed by atoms with Crippen LogP contribution in [0.4, 0.5) is 0 Å². The lowest BCUT2D eigenvalue weighted by molar-refractivity contribution is 0.125. The van der Waals surface area contributed by atoms with Gasteiger partial charge in [0.2, 0.25) is 5.88 Å². The smallest absolute Gasteiger partial charge is 0.213 e. The monoisotopic (exact) mass is 223 g/mol. The Balaban J connectivity index is 2.91. The molecule has 16 heavy (non-hydrogen) atoms. The van der Waals surface area contributed by atoms with Gasteiger partial charge in [-0.05, 0) is 29.9 Å². The number of aliphatic hydroxyl groups is 1. The molecule has 90 valence electrons. The first-order valence-corrected chi connectivity index (χ1v) is 5.78. The molecule has 1 aromatic heterocycles. The van der Waals surface area contributed by atoms with Crippen molar-refractivity contribution in [1.82, 2.24) is 4.98 Å². The molecule has 3 heteroatoms. The van der Waals surface area contributed by atoms with Crippen LogP contribution in [0.3, 0.4) is 0 Å². The number of ether oxygens (including phenoxy) is 1. The Labute approximate surface area is 97.5 Å². The molecule has 1 aromatic rings. The van der Waals surface area contributed by atoms with E-state index in [0.29, 0.717) is 12.3 Å². The van der Waals surface area contributed by atoms with E-state index in [1.165, 1.54) is 5.56 Å². The van der Waals surface area contributed by atoms with Gasteiger partial charge in [-0.1, -0.05) is 20.8 Å². The number of hydrogen-bond donors (Lipinski definition) is 1. The second-order valence-electron chi connectivity index (χ2n) is 4.36. The molecule has 1 N–H and O–H groups in total. The van der Waals surface area contributed by atoms with Crippen LogP contribution in [0.25, 0.3) is 0 Å². The second kappa shape index (κ2) is 5.85. The zero-order valence-corrected chi connectivity index (χ0v) is 10.5. The van der Waals surface area contributed by atoms with Gasteiger partial charge in [0.15, 0.2) is 0 Å². The zero-order chi connectivity index (χ0) is 12.1. The van der Waals surface area contributed by atoms with Crippen LogP contribution in [0.15, 0.2) is 12.3 Å². The summed E-state index contributed by atoms with van der Waals surface area (Å²) in [6.07, 6.45) is 3.12. The van der Waals surface area contributed by atoms with Gasteiger partial charge in [0.1, 0.15) is 0 Å². The van der Waals surface area contributed by atoms with Crippen molar-refractivity contribution >= 4 is 0 Å². The summed E-state index contributed by atoms with van der Waals surface area (Å²) in [7, 11) is 1.61. The Morgan fingerprint density at radius 2 is 2.06 bits per heavy atom. The number of pyridine rings is 1. The van der Waals surface area contributed by atoms with E-state index >= 15 is 0 Å². The standard InChI is InChI=1S/C13H21NO2/c1-5-10-8-14-13(16-4)7-11(10)6-12(15)9(2)3/h7-9,12,15H,5-6H2,1-4H3. The quantitative estimate of drug-likeness (QED) is 0.832. The van der Waals surface area contributed by atoms with Crippen LogP contribution in [-0.4, -0.2) is 23.3 Å². The van der Waals surface area contributed by atoms with Crippen LogP contribution in [0.1, 0.15) is 31.9 Å². The van der Waals surface area contributed by atoms with E-state index < -0.39 is 0 Å². The van der Waals surface area contributed by atoms with Gasteiger partial charge < -0.3 is 9.84 Å². The summed E-state index contributed by atoms with van der Waals surface area (Å²) in [6.45, 7) is 6.14. The van der Waals surface area contributed by atoms with Crippen molar-refractivity contribution in [2.45, 2.75) is 39.7 Å². The minimum Gasteiger partial charge on any atom is -0.481 e. The zero-order valence-electron chi connectivity index (χ0n) is 10.5. The minimum absolute atomic E-state index is 0.267. The SMILES string of the molecule is CCc1cnc(OC)cc1CC(O)C(C)C. The summed E-state index contributed by atoms with van der Waals surface area (Å²) in [5.74, 6) is 0.882. The lowest BCUT2D eigenvalue weighted by Crippen LogP contribution is -2.18. The van der Waals surface area contributed by atoms with Crippen molar-refractivity contribution in [2.24, 2.45) is 5.92 Å². The van der Waals surface area contributed by atoms with Crippen LogP contribution in [-0.2, 0) is 12.8 Å². The number of nitrogens with zero attached hydrogens (tertiary/aromatic N) is 1. The fourth-order valence-corrected chi connectivity index (χ4v) is 1.58. The molecular formula is C13H21NO2. The molecule has 0 bridgehead atoms. The molecule has 0 aromatic carbocycles. The minimum atomic E-state index is -0.308. The van der Waals surface area contributed by atoms with Gasteiger partial charge in [0.25, 0.3) is 0 Å². The van der Waals surface area contributed by atoms with Gasteiger partial charge >= 0.3 is 0 Å². The predicted molar refractivity (Wildman–Crippen MR) is 64.7 cm³/mol. The topological polar surface area (TPSA) is 42.4 Å². The molecule has 0 spiro atoms. The largest absolute Gasteiger partial charge is 0.481 e. The second-order valence-corrected chi connectivity index (χ2v) is 4.36. The highest BCUT2D eigenvalue weighted by molar-refractivity contribution is 5.30. The molecule has 1 rings (SSSR count). The van der Waals surface area contributed by atoms with Gasteiger partial charge in [-0.3, -0.25) is 0 Å². The number of aryl methyl sites for hydroxylation is 1. The Morgan fingerprint density at radius 3 is 2.56 bits per heavy atom. The van der Waals surface area contributed by atoms with E-state index in [4.69, 9.17) is 4.74 Å². The van der Waals surface area contributed by atoms with E-state index in [9.17, 15) is 5.11 Å². The molecule has 1 heterocycles. The van der Waals surface area contributed by atoms with Crippen molar-refractivity contribution < 1.29 is 9.84 Å². The van der Waals surface area contributed by atoms with E-state index in [1.54, 1.807) is 7.11 Å². The van der Waals surface area contributed by atoms with Gasteiger partial charge in [-0.15, -0.1) is 0 Å². The van der Waals surface area contributed by atoms with E-state index in [-0.39, 0.29) is 12.0 Å². The van der Waals surface area contributed by atoms with Crippen molar-refractivity contribution in [1.29, 1.82) is 0 Å². The Kier molecular flexibility index (Phi) is 4.74. The molecule has 0 fully saturated rings. The molecule has 1 atom stereocenters. The number of aliphatic hydroxyl groups excluding tert-OH is 1. The van der Waals surface area contributed by atoms with E-state index in [2.05, 4.69) is 11.9 Å². The number of hydrogen-bond acceptors (Lipinski definition) is 3. The van der Waals surface area contributed by atoms with Gasteiger partial charge in [0, 0.05) is 12.3 Å². The first kappa shape index (κ1) is 13.0. The lowest BCUT2D eigenvalue weighted by atomic mass is 9.96. The maximum absolute atomic E-state index is 9.90. The normalized spacial score (nSPS) is 12.9. The molecule has 0 saturated heterocycles. The predicted octanol–water partition coefficient (Wildman–Crippen LogP) is 2.21. The van der Waals surface area contributed by atoms with Gasteiger partial charge in [-0.2, -0.15) is 0 Å². The summed E-state index contributed by atoms with van der Waals surface area (Å²) < 4.78 is 5.10. The Morgan fingerprint density at radius 1 is 1.38 bits per heavy atom. The first-order valence-electron chi connectivity index (χ1n) is 5.78. The van der Waals surface area contributed by atoms with E-state index in [1.807, 2.05) is 26.1 Å². The van der Waals surface area contributed by atoms with Crippen LogP contribution < -0.4 is 4.74 Å². The van der Waals surface area contributed by atoms with Crippen molar-refractivity contribution in [3.05, 3.63) is 23.4 Å². The highest BCUT2D eigenvalue weighted by Gasteiger charge is 2.13. The fraction of sp³-hybridized carbons (Fsp3) is 0.615. The molecule has 0 aliphatic carbocycles. The Hall–Kier alpha value is -1.09. The van der Waals surface area contributed by atoms with E-state index in [0.717, 1.165) is 12.0 Å². The summed E-state index contributed by atoms with van der Waals surface area (Å²) in [4.78, 5) is 4.18. The molecule has 0 radical (unpaired) electrons. The number of rotatable bonds is 5. The van der Waals surface area contributed by atoms with Crippen LogP contribution in [0.5, 0.6) is 5.88 Å². The highest BCUT2D eigenvalue weighted by Crippen LogP contribution is 2.18. The van der Waals surface area contributed by atoms with Gasteiger partial charge in [-0.25, -0.2) is 4.98 Å². The first-order chi connectivity index (χ1) is 7.58. The highest BCUT2D eigenvalue weighted by atomic mass is 16.5. The summed E-state index contributed by atoms with van der Waals surface area (Å²) >= 11 is 0. The molecule has 0 amide bonds. The maximum Gasteiger partial charge on any atom is 0.213 e. The van der Waals surface area contributed by atoms with Crippen molar-refractivity contribution in [3.63, 3.8) is 0 Å². The average molecular weight is 223 g/mol. The van der Waals surface area contributed by atoms with Crippen molar-refractivity contribution in [3.8, 4) is 5.88 Å². The number of methoxy groups -OCH3 is 1. The summed E-state index contributed by atoms with van der Waals surface area (Å²) in [5, 5.41) is 9.90. The van der Waals surface area contributed by atoms with Crippen LogP contribution in [0, 0.1) is 5.92 Å². The molecular weight excluding hydrogens is 202 g/mol. The Bertz CT molecular complexity index is 337. The summed E-state index contributed by atoms with van der Waals surface area (Å²) in [5.41, 5.74) is 2.32. The molecule has 0 aliphatic rings. The molecule has 3 nitrogen and oxygen atoms in total. The van der Waals surface area contributed by atoms with Crippen LogP contribution in [0.2, 0.25) is 0 Å². The fourth-order valence-electron chi connectivity index (χ4n) is 1.58. The molecule has 0 saturated carbocycles. The third kappa shape index (κ3) is 3.20. The third-order valence-electron chi connectivity index (χ3n) is 2.85. The van der Waals surface area contributed by atoms with Crippen LogP contribution >= 0.6 is 0 Å². The van der Waals surface area contributed by atoms with Crippen molar-refractivity contribution in [2.75, 3.05) is 7.11 Å². The maximum atomic E-state index is 9.90. The van der Waals surface area contributed by atoms with Gasteiger partial charge in [0.05, 0.1) is 13.2 Å². The molecule has 1 unspecified atom stereocenters. The average Bonchev–Trinajstić information content (AvgIpc) is 2.28. The summed E-state index contributed by atoms with van der Waals surface area (Å²) in [6, 6.07) is 1.92.